The van der Waals surface area contributed by atoms with Gasteiger partial charge in [0.15, 0.2) is 5.69 Å². The molecular weight excluding hydrogens is 342 g/mol. The van der Waals surface area contributed by atoms with E-state index in [1.807, 2.05) is 4.90 Å². The Morgan fingerprint density at radius 1 is 1.15 bits per heavy atom. The maximum absolute atomic E-state index is 12.9. The Morgan fingerprint density at radius 2 is 1.96 bits per heavy atom. The Morgan fingerprint density at radius 3 is 2.78 bits per heavy atom. The summed E-state index contributed by atoms with van der Waals surface area (Å²) in [5.74, 6) is 0.359. The molecule has 1 unspecified atom stereocenters. The maximum atomic E-state index is 12.9. The van der Waals surface area contributed by atoms with Gasteiger partial charge in [-0.1, -0.05) is 0 Å². The number of amides is 1. The molecule has 27 heavy (non-hydrogen) atoms. The monoisotopic (exact) mass is 375 g/mol. The highest BCUT2D eigenvalue weighted by Crippen LogP contribution is 2.26. The van der Waals surface area contributed by atoms with Crippen LogP contribution in [0.2, 0.25) is 0 Å². The topological polar surface area (TPSA) is 75.7 Å². The molecule has 0 saturated carbocycles. The van der Waals surface area contributed by atoms with Crippen molar-refractivity contribution in [1.82, 2.24) is 24.9 Å². The third-order valence-corrected chi connectivity index (χ3v) is 6.64. The van der Waals surface area contributed by atoms with Crippen LogP contribution in [0.15, 0.2) is 0 Å². The molecule has 1 aromatic rings. The number of aliphatic hydroxyl groups excluding tert-OH is 1. The predicted octanol–water partition coefficient (Wildman–Crippen LogP) is 0.749. The van der Waals surface area contributed by atoms with Gasteiger partial charge in [0.2, 0.25) is 0 Å². The Hall–Kier alpha value is -1.44. The summed E-state index contributed by atoms with van der Waals surface area (Å²) in [5.41, 5.74) is 2.91. The molecule has 1 amide bonds. The molecule has 2 fully saturated rings. The van der Waals surface area contributed by atoms with Crippen LogP contribution in [0.5, 0.6) is 0 Å². The van der Waals surface area contributed by atoms with Gasteiger partial charge in [-0.2, -0.15) is 5.10 Å². The number of likely N-dealkylation sites (tertiary alicyclic amines) is 1. The lowest BCUT2D eigenvalue weighted by molar-refractivity contribution is 0.0292. The molecule has 7 heteroatoms. The number of nitrogens with one attached hydrogen (secondary N) is 1. The molecule has 0 spiro atoms. The van der Waals surface area contributed by atoms with E-state index < -0.39 is 0 Å². The van der Waals surface area contributed by atoms with Gasteiger partial charge < -0.3 is 14.9 Å². The number of rotatable bonds is 4. The second-order valence-corrected chi connectivity index (χ2v) is 8.54. The molecule has 2 aliphatic heterocycles. The molecule has 1 aromatic heterocycles. The van der Waals surface area contributed by atoms with Gasteiger partial charge in [-0.25, -0.2) is 0 Å². The van der Waals surface area contributed by atoms with Gasteiger partial charge in [-0.15, -0.1) is 0 Å². The minimum Gasteiger partial charge on any atom is -0.392 e. The summed E-state index contributed by atoms with van der Waals surface area (Å²) in [6, 6.07) is 0. The number of aliphatic hydroxyl groups is 1. The molecule has 4 rings (SSSR count). The van der Waals surface area contributed by atoms with Crippen molar-refractivity contribution in [2.75, 3.05) is 52.9 Å². The highest BCUT2D eigenvalue weighted by atomic mass is 16.3. The minimum absolute atomic E-state index is 0.0675. The zero-order chi connectivity index (χ0) is 18.8. The van der Waals surface area contributed by atoms with E-state index in [0.29, 0.717) is 11.6 Å². The minimum atomic E-state index is -0.291. The summed E-state index contributed by atoms with van der Waals surface area (Å²) in [4.78, 5) is 19.5. The Labute approximate surface area is 161 Å². The van der Waals surface area contributed by atoms with Crippen molar-refractivity contribution in [3.63, 3.8) is 0 Å². The van der Waals surface area contributed by atoms with Crippen molar-refractivity contribution >= 4 is 5.91 Å². The zero-order valence-electron chi connectivity index (χ0n) is 16.5. The van der Waals surface area contributed by atoms with Gasteiger partial charge in [-0.05, 0) is 64.6 Å². The van der Waals surface area contributed by atoms with E-state index in [9.17, 15) is 9.90 Å². The van der Waals surface area contributed by atoms with Crippen LogP contribution in [0, 0.1) is 5.92 Å². The molecule has 150 valence electrons. The van der Waals surface area contributed by atoms with Gasteiger partial charge in [0.05, 0.1) is 6.10 Å². The van der Waals surface area contributed by atoms with Crippen LogP contribution in [0.25, 0.3) is 0 Å². The van der Waals surface area contributed by atoms with E-state index in [1.54, 1.807) is 0 Å². The number of H-pyrrole nitrogens is 1. The van der Waals surface area contributed by atoms with E-state index in [4.69, 9.17) is 0 Å². The Balaban J connectivity index is 1.27. The summed E-state index contributed by atoms with van der Waals surface area (Å²) in [6.45, 7) is 6.55. The molecule has 3 aliphatic rings. The number of hydrogen-bond donors (Lipinski definition) is 2. The molecule has 1 aliphatic carbocycles. The smallest absolute Gasteiger partial charge is 0.274 e. The second kappa shape index (κ2) is 8.29. The number of carbonyl (C=O) groups is 1. The van der Waals surface area contributed by atoms with Crippen molar-refractivity contribution in [1.29, 1.82) is 0 Å². The van der Waals surface area contributed by atoms with Gasteiger partial charge in [0.25, 0.3) is 5.91 Å². The average Bonchev–Trinajstić information content (AvgIpc) is 3.23. The number of aromatic nitrogens is 2. The fourth-order valence-corrected chi connectivity index (χ4v) is 4.83. The summed E-state index contributed by atoms with van der Waals surface area (Å²) < 4.78 is 0. The molecule has 1 atom stereocenters. The van der Waals surface area contributed by atoms with E-state index in [0.717, 1.165) is 89.2 Å². The standard InChI is InChI=1S/C20H33N5O2/c1-23-8-3-9-24(13-12-23)14-18(26)15-6-10-25(11-7-15)20(27)19-16-4-2-5-17(16)21-22-19/h15,18,26H,2-14H2,1H3,(H,21,22). The molecule has 0 bridgehead atoms. The number of nitrogens with zero attached hydrogens (tertiary/aromatic N) is 4. The first-order valence-corrected chi connectivity index (χ1v) is 10.6. The molecule has 0 aromatic carbocycles. The lowest BCUT2D eigenvalue weighted by Crippen LogP contribution is -2.45. The Bertz CT molecular complexity index is 653. The van der Waals surface area contributed by atoms with Gasteiger partial charge >= 0.3 is 0 Å². The number of carbonyl (C=O) groups excluding carboxylic acids is 1. The van der Waals surface area contributed by atoms with E-state index in [-0.39, 0.29) is 12.0 Å². The first kappa shape index (κ1) is 18.9. The van der Waals surface area contributed by atoms with Crippen molar-refractivity contribution in [2.24, 2.45) is 5.92 Å². The van der Waals surface area contributed by atoms with Crippen molar-refractivity contribution in [3.05, 3.63) is 17.0 Å². The molecule has 2 N–H and O–H groups in total. The van der Waals surface area contributed by atoms with Gasteiger partial charge in [0.1, 0.15) is 0 Å². The van der Waals surface area contributed by atoms with Crippen LogP contribution in [-0.2, 0) is 12.8 Å². The average molecular weight is 376 g/mol. The first-order valence-electron chi connectivity index (χ1n) is 10.6. The second-order valence-electron chi connectivity index (χ2n) is 8.54. The number of fused-ring (bicyclic) bond motifs is 1. The van der Waals surface area contributed by atoms with Crippen LogP contribution in [0.3, 0.4) is 0 Å². The lowest BCUT2D eigenvalue weighted by Gasteiger charge is -2.35. The number of aryl methyl sites for hydroxylation is 1. The third-order valence-electron chi connectivity index (χ3n) is 6.64. The normalized spacial score (nSPS) is 24.0. The predicted molar refractivity (Wildman–Crippen MR) is 104 cm³/mol. The summed E-state index contributed by atoms with van der Waals surface area (Å²) in [5, 5.41) is 18.1. The van der Waals surface area contributed by atoms with Crippen molar-refractivity contribution in [2.45, 2.75) is 44.6 Å². The van der Waals surface area contributed by atoms with Crippen molar-refractivity contribution < 1.29 is 9.90 Å². The van der Waals surface area contributed by atoms with E-state index in [1.165, 1.54) is 6.42 Å². The number of aromatic amines is 1. The Kier molecular flexibility index (Phi) is 5.80. The quantitative estimate of drug-likeness (QED) is 0.812. The van der Waals surface area contributed by atoms with Crippen LogP contribution < -0.4 is 0 Å². The largest absolute Gasteiger partial charge is 0.392 e. The highest BCUT2D eigenvalue weighted by Gasteiger charge is 2.32. The van der Waals surface area contributed by atoms with Crippen LogP contribution >= 0.6 is 0 Å². The van der Waals surface area contributed by atoms with E-state index >= 15 is 0 Å². The third kappa shape index (κ3) is 4.20. The summed E-state index contributed by atoms with van der Waals surface area (Å²) in [7, 11) is 2.17. The first-order chi connectivity index (χ1) is 13.1. The molecule has 0 radical (unpaired) electrons. The van der Waals surface area contributed by atoms with Crippen LogP contribution in [-0.4, -0.2) is 94.9 Å². The molecule has 2 saturated heterocycles. The van der Waals surface area contributed by atoms with Crippen LogP contribution in [0.4, 0.5) is 0 Å². The zero-order valence-corrected chi connectivity index (χ0v) is 16.5. The molecular formula is C20H33N5O2. The fourth-order valence-electron chi connectivity index (χ4n) is 4.83. The summed E-state index contributed by atoms with van der Waals surface area (Å²) in [6.07, 6.45) is 5.73. The highest BCUT2D eigenvalue weighted by molar-refractivity contribution is 5.94. The number of β-amino-alcohol motifs (C(OH)–C–C–N with tert-alkyl or cyclic N) is 1. The molecule has 7 nitrogen and oxygen atoms in total. The van der Waals surface area contributed by atoms with Crippen LogP contribution in [0.1, 0.15) is 47.4 Å². The number of likely N-dealkylation sites (N-methyl/N-ethyl adjacent to an activating group) is 1. The SMILES string of the molecule is CN1CCCN(CC(O)C2CCN(C(=O)c3n[nH]c4c3CCC4)CC2)CC1. The summed E-state index contributed by atoms with van der Waals surface area (Å²) >= 11 is 0. The maximum Gasteiger partial charge on any atom is 0.274 e. The number of piperidine rings is 1. The van der Waals surface area contributed by atoms with E-state index in [2.05, 4.69) is 27.0 Å². The van der Waals surface area contributed by atoms with Gasteiger partial charge in [0, 0.05) is 44.0 Å². The molecule has 3 heterocycles. The lowest BCUT2D eigenvalue weighted by atomic mass is 9.90. The van der Waals surface area contributed by atoms with Gasteiger partial charge in [-0.3, -0.25) is 14.8 Å². The fraction of sp³-hybridized carbons (Fsp3) is 0.800. The van der Waals surface area contributed by atoms with Crippen molar-refractivity contribution in [3.8, 4) is 0 Å². The number of hydrogen-bond acceptors (Lipinski definition) is 5.